The molecular formula is C18H16ClN3O3. The van der Waals surface area contributed by atoms with Gasteiger partial charge in [-0.15, -0.1) is 0 Å². The Morgan fingerprint density at radius 2 is 1.92 bits per heavy atom. The highest BCUT2D eigenvalue weighted by molar-refractivity contribution is 6.32. The van der Waals surface area contributed by atoms with Crippen molar-refractivity contribution >= 4 is 34.8 Å². The summed E-state index contributed by atoms with van der Waals surface area (Å²) in [6.07, 6.45) is 0. The molecule has 0 spiro atoms. The molecule has 0 bridgehead atoms. The molecule has 0 radical (unpaired) electrons. The maximum absolute atomic E-state index is 12.2. The third kappa shape index (κ3) is 4.72. The van der Waals surface area contributed by atoms with Crippen molar-refractivity contribution in [1.29, 1.82) is 5.26 Å². The maximum Gasteiger partial charge on any atom is 0.244 e. The van der Waals surface area contributed by atoms with Crippen LogP contribution in [0.15, 0.2) is 42.5 Å². The van der Waals surface area contributed by atoms with Gasteiger partial charge >= 0.3 is 0 Å². The largest absolute Gasteiger partial charge is 0.495 e. The van der Waals surface area contributed by atoms with Crippen LogP contribution < -0.4 is 15.0 Å². The van der Waals surface area contributed by atoms with E-state index in [1.54, 1.807) is 42.5 Å². The van der Waals surface area contributed by atoms with E-state index in [4.69, 9.17) is 21.6 Å². The molecule has 0 aromatic heterocycles. The Kier molecular flexibility index (Phi) is 5.98. The van der Waals surface area contributed by atoms with Crippen molar-refractivity contribution in [1.82, 2.24) is 0 Å². The number of methoxy groups -OCH3 is 1. The van der Waals surface area contributed by atoms with Crippen molar-refractivity contribution < 1.29 is 14.3 Å². The van der Waals surface area contributed by atoms with E-state index >= 15 is 0 Å². The number of ether oxygens (including phenoxy) is 1. The lowest BCUT2D eigenvalue weighted by molar-refractivity contribution is -0.120. The second-order valence-corrected chi connectivity index (χ2v) is 5.57. The molecule has 1 N–H and O–H groups in total. The predicted octanol–water partition coefficient (Wildman–Crippen LogP) is 3.21. The van der Waals surface area contributed by atoms with Crippen molar-refractivity contribution in [3.63, 3.8) is 0 Å². The quantitative estimate of drug-likeness (QED) is 0.890. The molecule has 0 aliphatic rings. The van der Waals surface area contributed by atoms with Crippen LogP contribution in [0.1, 0.15) is 12.5 Å². The van der Waals surface area contributed by atoms with Crippen molar-refractivity contribution in [3.05, 3.63) is 53.1 Å². The van der Waals surface area contributed by atoms with Crippen LogP contribution in [0, 0.1) is 11.3 Å². The fourth-order valence-corrected chi connectivity index (χ4v) is 2.43. The highest BCUT2D eigenvalue weighted by atomic mass is 35.5. The van der Waals surface area contributed by atoms with Gasteiger partial charge in [-0.25, -0.2) is 0 Å². The van der Waals surface area contributed by atoms with E-state index in [0.29, 0.717) is 27.7 Å². The number of benzene rings is 2. The molecule has 0 heterocycles. The van der Waals surface area contributed by atoms with Crippen LogP contribution in [0.2, 0.25) is 5.02 Å². The summed E-state index contributed by atoms with van der Waals surface area (Å²) in [6, 6.07) is 13.3. The summed E-state index contributed by atoms with van der Waals surface area (Å²) in [6.45, 7) is 1.20. The number of nitriles is 1. The Balaban J connectivity index is 2.12. The molecule has 2 rings (SSSR count). The SMILES string of the molecule is COc1ccc(N(CC(=O)Nc2ccc(C#N)cc2)C(C)=O)cc1Cl. The van der Waals surface area contributed by atoms with Gasteiger partial charge in [-0.2, -0.15) is 5.26 Å². The molecule has 0 aliphatic carbocycles. The number of rotatable bonds is 5. The fraction of sp³-hybridized carbons (Fsp3) is 0.167. The number of carbonyl (C=O) groups excluding carboxylic acids is 2. The Labute approximate surface area is 150 Å². The summed E-state index contributed by atoms with van der Waals surface area (Å²) in [7, 11) is 1.49. The number of hydrogen-bond acceptors (Lipinski definition) is 4. The zero-order chi connectivity index (χ0) is 18.4. The minimum Gasteiger partial charge on any atom is -0.495 e. The molecule has 2 aromatic carbocycles. The van der Waals surface area contributed by atoms with E-state index < -0.39 is 0 Å². The van der Waals surface area contributed by atoms with Crippen LogP contribution in [0.3, 0.4) is 0 Å². The van der Waals surface area contributed by atoms with Crippen LogP contribution in [-0.2, 0) is 9.59 Å². The fourth-order valence-electron chi connectivity index (χ4n) is 2.18. The first kappa shape index (κ1) is 18.3. The van der Waals surface area contributed by atoms with Crippen molar-refractivity contribution in [2.24, 2.45) is 0 Å². The summed E-state index contributed by atoms with van der Waals surface area (Å²) >= 11 is 6.08. The van der Waals surface area contributed by atoms with Gasteiger partial charge in [-0.05, 0) is 42.5 Å². The van der Waals surface area contributed by atoms with Gasteiger partial charge in [0.05, 0.1) is 23.8 Å². The average molecular weight is 358 g/mol. The third-order valence-corrected chi connectivity index (χ3v) is 3.72. The van der Waals surface area contributed by atoms with Gasteiger partial charge < -0.3 is 15.0 Å². The maximum atomic E-state index is 12.2. The van der Waals surface area contributed by atoms with Crippen LogP contribution in [0.25, 0.3) is 0 Å². The summed E-state index contributed by atoms with van der Waals surface area (Å²) < 4.78 is 5.08. The van der Waals surface area contributed by atoms with Crippen LogP contribution >= 0.6 is 11.6 Å². The van der Waals surface area contributed by atoms with Gasteiger partial charge in [-0.3, -0.25) is 9.59 Å². The number of carbonyl (C=O) groups is 2. The first-order valence-electron chi connectivity index (χ1n) is 7.36. The highest BCUT2D eigenvalue weighted by Gasteiger charge is 2.17. The Hall–Kier alpha value is -3.04. The predicted molar refractivity (Wildman–Crippen MR) is 95.8 cm³/mol. The average Bonchev–Trinajstić information content (AvgIpc) is 2.60. The number of amides is 2. The Morgan fingerprint density at radius 1 is 1.24 bits per heavy atom. The molecule has 0 aliphatic heterocycles. The lowest BCUT2D eigenvalue weighted by Crippen LogP contribution is -2.36. The molecule has 25 heavy (non-hydrogen) atoms. The highest BCUT2D eigenvalue weighted by Crippen LogP contribution is 2.29. The summed E-state index contributed by atoms with van der Waals surface area (Å²) in [5.74, 6) is -0.181. The van der Waals surface area contributed by atoms with E-state index in [9.17, 15) is 9.59 Å². The van der Waals surface area contributed by atoms with Gasteiger partial charge in [0.15, 0.2) is 0 Å². The molecular weight excluding hydrogens is 342 g/mol. The first-order chi connectivity index (χ1) is 11.9. The molecule has 0 saturated heterocycles. The van der Waals surface area contributed by atoms with Crippen molar-refractivity contribution in [2.75, 3.05) is 23.9 Å². The van der Waals surface area contributed by atoms with Gasteiger partial charge in [0.25, 0.3) is 0 Å². The Morgan fingerprint density at radius 3 is 2.44 bits per heavy atom. The number of hydrogen-bond donors (Lipinski definition) is 1. The van der Waals surface area contributed by atoms with E-state index in [-0.39, 0.29) is 18.4 Å². The van der Waals surface area contributed by atoms with E-state index in [1.807, 2.05) is 6.07 Å². The minimum absolute atomic E-state index is 0.169. The third-order valence-electron chi connectivity index (χ3n) is 3.43. The number of halogens is 1. The molecule has 128 valence electrons. The smallest absolute Gasteiger partial charge is 0.244 e. The number of anilines is 2. The van der Waals surface area contributed by atoms with Gasteiger partial charge in [0.2, 0.25) is 11.8 Å². The molecule has 0 saturated carbocycles. The normalized spacial score (nSPS) is 9.84. The van der Waals surface area contributed by atoms with Crippen LogP contribution in [0.5, 0.6) is 5.75 Å². The lowest BCUT2D eigenvalue weighted by atomic mass is 10.2. The van der Waals surface area contributed by atoms with Crippen molar-refractivity contribution in [3.8, 4) is 11.8 Å². The van der Waals surface area contributed by atoms with Crippen molar-refractivity contribution in [2.45, 2.75) is 6.92 Å². The molecule has 0 unspecified atom stereocenters. The molecule has 2 aromatic rings. The van der Waals surface area contributed by atoms with Gasteiger partial charge in [0.1, 0.15) is 12.3 Å². The van der Waals surface area contributed by atoms with Gasteiger partial charge in [-0.1, -0.05) is 11.6 Å². The summed E-state index contributed by atoms with van der Waals surface area (Å²) in [5.41, 5.74) is 1.53. The van der Waals surface area contributed by atoms with Crippen LogP contribution in [0.4, 0.5) is 11.4 Å². The molecule has 2 amide bonds. The second-order valence-electron chi connectivity index (χ2n) is 5.16. The summed E-state index contributed by atoms with van der Waals surface area (Å²) in [5, 5.41) is 11.8. The van der Waals surface area contributed by atoms with E-state index in [2.05, 4.69) is 5.32 Å². The number of nitrogens with zero attached hydrogens (tertiary/aromatic N) is 2. The van der Waals surface area contributed by atoms with E-state index in [1.165, 1.54) is 18.9 Å². The molecule has 6 nitrogen and oxygen atoms in total. The first-order valence-corrected chi connectivity index (χ1v) is 7.74. The topological polar surface area (TPSA) is 82.4 Å². The summed E-state index contributed by atoms with van der Waals surface area (Å²) in [4.78, 5) is 25.5. The van der Waals surface area contributed by atoms with E-state index in [0.717, 1.165) is 0 Å². The molecule has 7 heteroatoms. The minimum atomic E-state index is -0.369. The van der Waals surface area contributed by atoms with Gasteiger partial charge in [0, 0.05) is 18.3 Å². The van der Waals surface area contributed by atoms with Crippen LogP contribution in [-0.4, -0.2) is 25.5 Å². The second kappa shape index (κ2) is 8.18. The Bertz CT molecular complexity index is 828. The molecule has 0 atom stereocenters. The zero-order valence-electron chi connectivity index (χ0n) is 13.7. The monoisotopic (exact) mass is 357 g/mol. The number of nitrogens with one attached hydrogen (secondary N) is 1. The standard InChI is InChI=1S/C18H16ClN3O3/c1-12(23)22(15-7-8-17(25-2)16(19)9-15)11-18(24)21-14-5-3-13(10-20)4-6-14/h3-9H,11H2,1-2H3,(H,21,24). The zero-order valence-corrected chi connectivity index (χ0v) is 14.5. The molecule has 0 fully saturated rings. The lowest BCUT2D eigenvalue weighted by Gasteiger charge is -2.21.